The fourth-order valence-electron chi connectivity index (χ4n) is 0.647. The maximum Gasteiger partial charge on any atom is 0.131 e. The van der Waals surface area contributed by atoms with Crippen LogP contribution in [-0.2, 0) is 4.84 Å². The summed E-state index contributed by atoms with van der Waals surface area (Å²) in [5, 5.41) is 3.48. The molecule has 0 saturated heterocycles. The summed E-state index contributed by atoms with van der Waals surface area (Å²) in [6.45, 7) is 0. The third-order valence-corrected chi connectivity index (χ3v) is 1.10. The quantitative estimate of drug-likeness (QED) is 0.466. The predicted octanol–water partition coefficient (Wildman–Crippen LogP) is 1.61. The van der Waals surface area contributed by atoms with E-state index >= 15 is 0 Å². The Morgan fingerprint density at radius 2 is 2.55 bits per heavy atom. The van der Waals surface area contributed by atoms with E-state index in [1.807, 2.05) is 0 Å². The van der Waals surface area contributed by atoms with E-state index in [0.29, 0.717) is 5.56 Å². The zero-order valence-electron chi connectivity index (χ0n) is 6.04. The van der Waals surface area contributed by atoms with E-state index in [1.54, 1.807) is 6.07 Å². The fourth-order valence-corrected chi connectivity index (χ4v) is 0.647. The molecule has 0 aliphatic rings. The van der Waals surface area contributed by atoms with E-state index in [0.717, 1.165) is 0 Å². The molecule has 0 bridgehead atoms. The van der Waals surface area contributed by atoms with Gasteiger partial charge in [-0.3, -0.25) is 0 Å². The molecule has 3 heteroatoms. The smallest absolute Gasteiger partial charge is 0.131 e. The average Bonchev–Trinajstić information content (AvgIpc) is 2.01. The molecule has 0 spiro atoms. The van der Waals surface area contributed by atoms with Crippen LogP contribution in [0.2, 0.25) is 0 Å². The third kappa shape index (κ3) is 2.37. The molecule has 57 valence electrons. The molecule has 1 aromatic rings. The van der Waals surface area contributed by atoms with Gasteiger partial charge in [0.15, 0.2) is 0 Å². The summed E-state index contributed by atoms with van der Waals surface area (Å²) in [6, 6.07) is 6.88. The fraction of sp³-hybridized carbons (Fsp3) is 0.125. The lowest BCUT2D eigenvalue weighted by Gasteiger charge is -1.90. The van der Waals surface area contributed by atoms with Crippen LogP contribution >= 0.6 is 0 Å². The Morgan fingerprint density at radius 1 is 1.73 bits per heavy atom. The van der Waals surface area contributed by atoms with Gasteiger partial charge in [-0.2, -0.15) is 0 Å². The molecular weight excluding hydrogens is 145 g/mol. The summed E-state index contributed by atoms with van der Waals surface area (Å²) in [6.07, 6.45) is 1.43. The molecule has 1 aromatic carbocycles. The molecular formula is C8H7FNO. The molecule has 2 nitrogen and oxygen atoms in total. The second-order valence-corrected chi connectivity index (χ2v) is 1.89. The Kier molecular flexibility index (Phi) is 2.60. The third-order valence-electron chi connectivity index (χ3n) is 1.10. The number of hydrogen-bond acceptors (Lipinski definition) is 2. The summed E-state index contributed by atoms with van der Waals surface area (Å²) in [5.74, 6) is -0.398. The minimum atomic E-state index is -0.398. The highest BCUT2D eigenvalue weighted by molar-refractivity contribution is 5.78. The number of benzene rings is 1. The summed E-state index contributed by atoms with van der Waals surface area (Å²) in [7, 11) is 1.43. The van der Waals surface area contributed by atoms with Crippen LogP contribution in [0, 0.1) is 11.9 Å². The molecule has 11 heavy (non-hydrogen) atoms. The second kappa shape index (κ2) is 3.71. The molecule has 0 fully saturated rings. The van der Waals surface area contributed by atoms with Gasteiger partial charge in [-0.1, -0.05) is 17.3 Å². The summed E-state index contributed by atoms with van der Waals surface area (Å²) < 4.78 is 12.4. The molecule has 0 N–H and O–H groups in total. The Bertz CT molecular complexity index is 260. The highest BCUT2D eigenvalue weighted by Gasteiger charge is 1.90. The van der Waals surface area contributed by atoms with Crippen LogP contribution in [-0.4, -0.2) is 13.3 Å². The SMILES string of the molecule is CO/N=C/c1cc[c]c(F)c1. The summed E-state index contributed by atoms with van der Waals surface area (Å²) in [5.41, 5.74) is 0.656. The van der Waals surface area contributed by atoms with E-state index in [1.165, 1.54) is 25.5 Å². The number of halogens is 1. The monoisotopic (exact) mass is 152 g/mol. The van der Waals surface area contributed by atoms with E-state index in [-0.39, 0.29) is 0 Å². The minimum Gasteiger partial charge on any atom is -0.399 e. The van der Waals surface area contributed by atoms with Gasteiger partial charge in [-0.25, -0.2) is 4.39 Å². The Balaban J connectivity index is 2.79. The number of nitrogens with zero attached hydrogens (tertiary/aromatic N) is 1. The first kappa shape index (κ1) is 7.72. The minimum absolute atomic E-state index is 0.398. The molecule has 0 heterocycles. The van der Waals surface area contributed by atoms with Crippen LogP contribution < -0.4 is 0 Å². The van der Waals surface area contributed by atoms with E-state index in [4.69, 9.17) is 0 Å². The standard InChI is InChI=1S/C8H7FNO/c1-11-10-6-7-3-2-4-8(9)5-7/h2-3,5-6H,1H3/b10-6+. The van der Waals surface area contributed by atoms with Crippen molar-refractivity contribution in [3.63, 3.8) is 0 Å². The molecule has 0 saturated carbocycles. The van der Waals surface area contributed by atoms with Crippen molar-refractivity contribution in [3.05, 3.63) is 35.6 Å². The Labute approximate surface area is 64.3 Å². The van der Waals surface area contributed by atoms with Gasteiger partial charge in [0.2, 0.25) is 0 Å². The highest BCUT2D eigenvalue weighted by atomic mass is 19.1. The maximum absolute atomic E-state index is 12.4. The van der Waals surface area contributed by atoms with Crippen molar-refractivity contribution in [1.82, 2.24) is 0 Å². The van der Waals surface area contributed by atoms with Crippen molar-refractivity contribution in [2.24, 2.45) is 5.16 Å². The van der Waals surface area contributed by atoms with E-state index in [9.17, 15) is 4.39 Å². The van der Waals surface area contributed by atoms with Gasteiger partial charge >= 0.3 is 0 Å². The van der Waals surface area contributed by atoms with Crippen molar-refractivity contribution in [2.45, 2.75) is 0 Å². The molecule has 0 aliphatic carbocycles. The van der Waals surface area contributed by atoms with Gasteiger partial charge in [0.25, 0.3) is 0 Å². The van der Waals surface area contributed by atoms with Crippen molar-refractivity contribution in [1.29, 1.82) is 0 Å². The van der Waals surface area contributed by atoms with Crippen molar-refractivity contribution < 1.29 is 9.23 Å². The Hall–Kier alpha value is -1.38. The molecule has 0 unspecified atom stereocenters. The number of hydrogen-bond donors (Lipinski definition) is 0. The van der Waals surface area contributed by atoms with Crippen LogP contribution in [0.4, 0.5) is 4.39 Å². The van der Waals surface area contributed by atoms with Crippen LogP contribution in [0.5, 0.6) is 0 Å². The molecule has 0 atom stereocenters. The van der Waals surface area contributed by atoms with Crippen LogP contribution in [0.25, 0.3) is 0 Å². The zero-order valence-corrected chi connectivity index (χ0v) is 6.04. The van der Waals surface area contributed by atoms with Crippen molar-refractivity contribution >= 4 is 6.21 Å². The van der Waals surface area contributed by atoms with Gasteiger partial charge in [-0.15, -0.1) is 0 Å². The first-order valence-corrected chi connectivity index (χ1v) is 3.06. The van der Waals surface area contributed by atoms with Gasteiger partial charge in [0.05, 0.1) is 6.21 Å². The second-order valence-electron chi connectivity index (χ2n) is 1.89. The number of rotatable bonds is 2. The normalized spacial score (nSPS) is 10.4. The molecule has 0 amide bonds. The zero-order chi connectivity index (χ0) is 8.10. The van der Waals surface area contributed by atoms with Gasteiger partial charge in [0.1, 0.15) is 12.9 Å². The summed E-state index contributed by atoms with van der Waals surface area (Å²) in [4.78, 5) is 4.42. The van der Waals surface area contributed by atoms with Gasteiger partial charge in [0, 0.05) is 6.07 Å². The van der Waals surface area contributed by atoms with E-state index in [2.05, 4.69) is 16.1 Å². The highest BCUT2D eigenvalue weighted by Crippen LogP contribution is 1.99. The number of oxime groups is 1. The predicted molar refractivity (Wildman–Crippen MR) is 39.8 cm³/mol. The summed E-state index contributed by atoms with van der Waals surface area (Å²) >= 11 is 0. The van der Waals surface area contributed by atoms with Crippen molar-refractivity contribution in [3.8, 4) is 0 Å². The first-order chi connectivity index (χ1) is 5.33. The lowest BCUT2D eigenvalue weighted by molar-refractivity contribution is 0.215. The topological polar surface area (TPSA) is 21.6 Å². The average molecular weight is 152 g/mol. The van der Waals surface area contributed by atoms with Gasteiger partial charge < -0.3 is 4.84 Å². The molecule has 0 aromatic heterocycles. The lowest BCUT2D eigenvalue weighted by atomic mass is 10.2. The Morgan fingerprint density at radius 3 is 3.18 bits per heavy atom. The largest absolute Gasteiger partial charge is 0.399 e. The van der Waals surface area contributed by atoms with Gasteiger partial charge in [-0.05, 0) is 11.6 Å². The van der Waals surface area contributed by atoms with E-state index < -0.39 is 5.82 Å². The molecule has 1 rings (SSSR count). The van der Waals surface area contributed by atoms with Crippen LogP contribution in [0.15, 0.2) is 23.4 Å². The van der Waals surface area contributed by atoms with Crippen molar-refractivity contribution in [2.75, 3.05) is 7.11 Å². The van der Waals surface area contributed by atoms with Crippen LogP contribution in [0.1, 0.15) is 5.56 Å². The molecule has 1 radical (unpaired) electrons. The maximum atomic E-state index is 12.4. The lowest BCUT2D eigenvalue weighted by Crippen LogP contribution is -1.83. The first-order valence-electron chi connectivity index (χ1n) is 3.06. The molecule has 0 aliphatic heterocycles. The van der Waals surface area contributed by atoms with Crippen LogP contribution in [0.3, 0.4) is 0 Å².